The van der Waals surface area contributed by atoms with Crippen LogP contribution in [0.2, 0.25) is 5.02 Å². The maximum Gasteiger partial charge on any atom is 0.288 e. The summed E-state index contributed by atoms with van der Waals surface area (Å²) in [7, 11) is 1.66. The number of halogens is 1. The lowest BCUT2D eigenvalue weighted by atomic mass is 10.1. The van der Waals surface area contributed by atoms with E-state index in [4.69, 9.17) is 16.3 Å². The number of hydrogen-bond acceptors (Lipinski definition) is 7. The van der Waals surface area contributed by atoms with Gasteiger partial charge in [0.25, 0.3) is 17.5 Å². The van der Waals surface area contributed by atoms with Crippen LogP contribution in [0.4, 0.5) is 22.7 Å². The van der Waals surface area contributed by atoms with Crippen molar-refractivity contribution in [1.29, 1.82) is 0 Å². The van der Waals surface area contributed by atoms with Gasteiger partial charge in [-0.15, -0.1) is 0 Å². The lowest BCUT2D eigenvalue weighted by Crippen LogP contribution is -2.47. The van der Waals surface area contributed by atoms with Crippen molar-refractivity contribution in [2.24, 2.45) is 5.92 Å². The van der Waals surface area contributed by atoms with Crippen molar-refractivity contribution in [3.8, 4) is 5.75 Å². The second-order valence-corrected chi connectivity index (χ2v) is 10.3. The summed E-state index contributed by atoms with van der Waals surface area (Å²) in [5, 5.41) is 16.9. The number of para-hydroxylation sites is 2. The SMILES string of the molecule is COc1ccccc1N1CCN(c2ccc(NC(=O)c3ccc(Cl)c([N+](=O)[O-])c3)cc2C(=O)NCC(C)C)CC1. The number of rotatable bonds is 9. The van der Waals surface area contributed by atoms with Gasteiger partial charge in [0, 0.05) is 55.7 Å². The smallest absolute Gasteiger partial charge is 0.288 e. The zero-order valence-corrected chi connectivity index (χ0v) is 23.4. The molecule has 3 aromatic carbocycles. The van der Waals surface area contributed by atoms with Crippen LogP contribution < -0.4 is 25.2 Å². The number of nitrogens with one attached hydrogen (secondary N) is 2. The van der Waals surface area contributed by atoms with E-state index < -0.39 is 10.8 Å². The number of amides is 2. The molecule has 10 nitrogen and oxygen atoms in total. The minimum absolute atomic E-state index is 0.0548. The monoisotopic (exact) mass is 565 g/mol. The number of benzene rings is 3. The standard InChI is InChI=1S/C29H32ClN5O5/c1-19(2)18-31-29(37)22-17-21(32-28(36)20-8-10-23(30)26(16-20)35(38)39)9-11-24(22)33-12-14-34(15-13-33)25-6-4-5-7-27(25)40-3/h4-11,16-17,19H,12-15,18H2,1-3H3,(H,31,37)(H,32,36). The number of piperazine rings is 1. The maximum atomic E-state index is 13.3. The zero-order chi connectivity index (χ0) is 28.8. The Hall–Kier alpha value is -4.31. The summed E-state index contributed by atoms with van der Waals surface area (Å²) in [4.78, 5) is 41.2. The molecule has 3 aromatic rings. The first-order chi connectivity index (χ1) is 19.2. The van der Waals surface area contributed by atoms with Crippen LogP contribution in [0.5, 0.6) is 5.75 Å². The largest absolute Gasteiger partial charge is 0.495 e. The summed E-state index contributed by atoms with van der Waals surface area (Å²) in [6, 6.07) is 16.9. The molecule has 4 rings (SSSR count). The van der Waals surface area contributed by atoms with Crippen LogP contribution in [0.15, 0.2) is 60.7 Å². The van der Waals surface area contributed by atoms with Gasteiger partial charge in [0.05, 0.1) is 23.3 Å². The molecule has 0 spiro atoms. The molecule has 1 aliphatic heterocycles. The predicted molar refractivity (Wildman–Crippen MR) is 157 cm³/mol. The lowest BCUT2D eigenvalue weighted by molar-refractivity contribution is -0.384. The minimum Gasteiger partial charge on any atom is -0.495 e. The van der Waals surface area contributed by atoms with Gasteiger partial charge >= 0.3 is 0 Å². The molecule has 11 heteroatoms. The molecule has 2 N–H and O–H groups in total. The van der Waals surface area contributed by atoms with Crippen LogP contribution in [-0.4, -0.2) is 56.6 Å². The fraction of sp³-hybridized carbons (Fsp3) is 0.310. The molecule has 0 unspecified atom stereocenters. The highest BCUT2D eigenvalue weighted by Crippen LogP contribution is 2.31. The molecule has 1 saturated heterocycles. The van der Waals surface area contributed by atoms with Gasteiger partial charge in [-0.05, 0) is 48.4 Å². The molecule has 210 valence electrons. The van der Waals surface area contributed by atoms with E-state index in [1.807, 2.05) is 44.2 Å². The molecule has 1 aliphatic rings. The van der Waals surface area contributed by atoms with Crippen molar-refractivity contribution in [2.75, 3.05) is 55.0 Å². The molecule has 2 amide bonds. The van der Waals surface area contributed by atoms with Gasteiger partial charge in [-0.3, -0.25) is 19.7 Å². The van der Waals surface area contributed by atoms with Gasteiger partial charge in [0.1, 0.15) is 10.8 Å². The summed E-state index contributed by atoms with van der Waals surface area (Å²) in [6.07, 6.45) is 0. The molecular formula is C29H32ClN5O5. The van der Waals surface area contributed by atoms with Gasteiger partial charge in [-0.2, -0.15) is 0 Å². The summed E-state index contributed by atoms with van der Waals surface area (Å²) >= 11 is 5.88. The number of nitro groups is 1. The van der Waals surface area contributed by atoms with Crippen molar-refractivity contribution in [1.82, 2.24) is 5.32 Å². The first kappa shape index (κ1) is 28.7. The van der Waals surface area contributed by atoms with Crippen molar-refractivity contribution >= 4 is 46.2 Å². The van der Waals surface area contributed by atoms with Crippen molar-refractivity contribution in [3.63, 3.8) is 0 Å². The molecule has 0 aliphatic carbocycles. The molecule has 0 saturated carbocycles. The molecule has 0 radical (unpaired) electrons. The number of nitrogens with zero attached hydrogens (tertiary/aromatic N) is 3. The van der Waals surface area contributed by atoms with Crippen LogP contribution in [0.3, 0.4) is 0 Å². The van der Waals surface area contributed by atoms with Gasteiger partial charge in [-0.25, -0.2) is 0 Å². The fourth-order valence-corrected chi connectivity index (χ4v) is 4.73. The predicted octanol–water partition coefficient (Wildman–Crippen LogP) is 5.22. The highest BCUT2D eigenvalue weighted by atomic mass is 35.5. The molecular weight excluding hydrogens is 534 g/mol. The van der Waals surface area contributed by atoms with Crippen LogP contribution >= 0.6 is 11.6 Å². The van der Waals surface area contributed by atoms with Crippen LogP contribution in [0, 0.1) is 16.0 Å². The van der Waals surface area contributed by atoms with Gasteiger partial charge in [0.2, 0.25) is 0 Å². The normalized spacial score (nSPS) is 13.2. The van der Waals surface area contributed by atoms with Crippen molar-refractivity contribution < 1.29 is 19.2 Å². The van der Waals surface area contributed by atoms with Gasteiger partial charge in [-0.1, -0.05) is 37.6 Å². The lowest BCUT2D eigenvalue weighted by Gasteiger charge is -2.38. The zero-order valence-electron chi connectivity index (χ0n) is 22.6. The third kappa shape index (κ3) is 6.63. The maximum absolute atomic E-state index is 13.3. The number of anilines is 3. The van der Waals surface area contributed by atoms with Crippen LogP contribution in [-0.2, 0) is 0 Å². The van der Waals surface area contributed by atoms with Crippen LogP contribution in [0.25, 0.3) is 0 Å². The Balaban J connectivity index is 1.56. The first-order valence-electron chi connectivity index (χ1n) is 13.0. The van der Waals surface area contributed by atoms with Crippen molar-refractivity contribution in [3.05, 3.63) is 86.9 Å². The number of ether oxygens (including phenoxy) is 1. The summed E-state index contributed by atoms with van der Waals surface area (Å²) in [6.45, 7) is 7.37. The Morgan fingerprint density at radius 1 is 0.975 bits per heavy atom. The van der Waals surface area contributed by atoms with E-state index in [2.05, 4.69) is 20.4 Å². The molecule has 0 aromatic heterocycles. The van der Waals surface area contributed by atoms with Crippen LogP contribution in [0.1, 0.15) is 34.6 Å². The second kappa shape index (κ2) is 12.7. The summed E-state index contributed by atoms with van der Waals surface area (Å²) < 4.78 is 5.53. The van der Waals surface area contributed by atoms with E-state index in [0.717, 1.165) is 36.3 Å². The number of methoxy groups -OCH3 is 1. The quantitative estimate of drug-likeness (QED) is 0.270. The second-order valence-electron chi connectivity index (χ2n) is 9.86. The average Bonchev–Trinajstić information content (AvgIpc) is 2.96. The molecule has 0 atom stereocenters. The summed E-state index contributed by atoms with van der Waals surface area (Å²) in [5.41, 5.74) is 2.35. The van der Waals surface area contributed by atoms with Gasteiger partial charge in [0.15, 0.2) is 0 Å². The summed E-state index contributed by atoms with van der Waals surface area (Å²) in [5.74, 6) is 0.289. The first-order valence-corrected chi connectivity index (χ1v) is 13.4. The highest BCUT2D eigenvalue weighted by Gasteiger charge is 2.24. The molecule has 0 bridgehead atoms. The topological polar surface area (TPSA) is 117 Å². The molecule has 40 heavy (non-hydrogen) atoms. The Kier molecular flexibility index (Phi) is 9.11. The third-order valence-corrected chi connectivity index (χ3v) is 6.94. The Bertz CT molecular complexity index is 1410. The minimum atomic E-state index is -0.640. The fourth-order valence-electron chi connectivity index (χ4n) is 4.54. The molecule has 1 fully saturated rings. The number of nitro benzene ring substituents is 1. The Morgan fingerprint density at radius 2 is 1.65 bits per heavy atom. The van der Waals surface area contributed by atoms with E-state index in [1.165, 1.54) is 12.1 Å². The Labute approximate surface area is 238 Å². The van der Waals surface area contributed by atoms with E-state index >= 15 is 0 Å². The number of carbonyl (C=O) groups excluding carboxylic acids is 2. The van der Waals surface area contributed by atoms with E-state index in [1.54, 1.807) is 19.2 Å². The van der Waals surface area contributed by atoms with E-state index in [0.29, 0.717) is 30.9 Å². The highest BCUT2D eigenvalue weighted by molar-refractivity contribution is 6.32. The van der Waals surface area contributed by atoms with E-state index in [9.17, 15) is 19.7 Å². The average molecular weight is 566 g/mol. The number of carbonyl (C=O) groups is 2. The Morgan fingerprint density at radius 3 is 2.30 bits per heavy atom. The number of hydrogen-bond donors (Lipinski definition) is 2. The molecule has 1 heterocycles. The van der Waals surface area contributed by atoms with Gasteiger partial charge < -0.3 is 25.2 Å². The third-order valence-electron chi connectivity index (χ3n) is 6.62. The van der Waals surface area contributed by atoms with Crippen molar-refractivity contribution in [2.45, 2.75) is 13.8 Å². The van der Waals surface area contributed by atoms with E-state index in [-0.39, 0.29) is 28.1 Å².